The van der Waals surface area contributed by atoms with Crippen molar-refractivity contribution in [2.24, 2.45) is 17.6 Å². The molecular weight excluding hydrogens is 240 g/mol. The first-order valence-corrected chi connectivity index (χ1v) is 6.56. The fourth-order valence-electron chi connectivity index (χ4n) is 2.11. The number of benzene rings is 1. The quantitative estimate of drug-likeness (QED) is 0.770. The van der Waals surface area contributed by atoms with Crippen molar-refractivity contribution >= 4 is 22.9 Å². The molecule has 0 aliphatic heterocycles. The Balaban J connectivity index is 2.09. The lowest BCUT2D eigenvalue weighted by molar-refractivity contribution is -0.120. The van der Waals surface area contributed by atoms with Gasteiger partial charge in [0.25, 0.3) is 0 Å². The summed E-state index contributed by atoms with van der Waals surface area (Å²) in [5.74, 6) is 0.673. The number of hydrogen-bond acceptors (Lipinski definition) is 3. The predicted molar refractivity (Wildman–Crippen MR) is 76.7 cm³/mol. The summed E-state index contributed by atoms with van der Waals surface area (Å²) in [7, 11) is 0. The largest absolute Gasteiger partial charge is 0.330 e. The number of imidazole rings is 1. The third kappa shape index (κ3) is 3.32. The Hall–Kier alpha value is -1.88. The van der Waals surface area contributed by atoms with E-state index in [1.54, 1.807) is 0 Å². The summed E-state index contributed by atoms with van der Waals surface area (Å²) >= 11 is 0. The molecule has 0 fully saturated rings. The van der Waals surface area contributed by atoms with Gasteiger partial charge in [0.2, 0.25) is 11.9 Å². The van der Waals surface area contributed by atoms with Gasteiger partial charge >= 0.3 is 0 Å². The van der Waals surface area contributed by atoms with Crippen LogP contribution in [-0.4, -0.2) is 22.4 Å². The predicted octanol–water partition coefficient (Wildman–Crippen LogP) is 2.12. The Kier molecular flexibility index (Phi) is 4.16. The van der Waals surface area contributed by atoms with Crippen molar-refractivity contribution in [3.8, 4) is 0 Å². The highest BCUT2D eigenvalue weighted by atomic mass is 16.2. The maximum absolute atomic E-state index is 12.1. The molecule has 1 heterocycles. The lowest BCUT2D eigenvalue weighted by Gasteiger charge is -2.15. The summed E-state index contributed by atoms with van der Waals surface area (Å²) in [6.07, 6.45) is 0.780. The fraction of sp³-hybridized carbons (Fsp3) is 0.429. The van der Waals surface area contributed by atoms with Gasteiger partial charge in [-0.3, -0.25) is 10.1 Å². The van der Waals surface area contributed by atoms with Gasteiger partial charge in [0.05, 0.1) is 17.0 Å². The van der Waals surface area contributed by atoms with Gasteiger partial charge in [0.15, 0.2) is 0 Å². The van der Waals surface area contributed by atoms with Crippen molar-refractivity contribution < 1.29 is 4.79 Å². The Morgan fingerprint density at radius 1 is 1.42 bits per heavy atom. The molecular formula is C14H20N4O. The minimum atomic E-state index is -0.173. The summed E-state index contributed by atoms with van der Waals surface area (Å²) < 4.78 is 0. The number of nitrogens with zero attached hydrogens (tertiary/aromatic N) is 1. The minimum Gasteiger partial charge on any atom is -0.330 e. The maximum Gasteiger partial charge on any atom is 0.231 e. The minimum absolute atomic E-state index is 0.0738. The molecule has 1 aromatic carbocycles. The first-order chi connectivity index (χ1) is 9.10. The van der Waals surface area contributed by atoms with Crippen LogP contribution in [0.25, 0.3) is 11.0 Å². The van der Waals surface area contributed by atoms with Gasteiger partial charge in [0, 0.05) is 6.54 Å². The summed E-state index contributed by atoms with van der Waals surface area (Å²) in [6.45, 7) is 4.51. The molecule has 1 atom stereocenters. The SMILES string of the molecule is CC(C)CC(CN)C(=O)Nc1nc2ccccc2[nH]1. The van der Waals surface area contributed by atoms with Crippen molar-refractivity contribution in [3.05, 3.63) is 24.3 Å². The van der Waals surface area contributed by atoms with Crippen molar-refractivity contribution in [3.63, 3.8) is 0 Å². The van der Waals surface area contributed by atoms with Crippen LogP contribution in [0, 0.1) is 11.8 Å². The lowest BCUT2D eigenvalue weighted by Crippen LogP contribution is -2.30. The second kappa shape index (κ2) is 5.84. The highest BCUT2D eigenvalue weighted by Crippen LogP contribution is 2.16. The molecule has 5 nitrogen and oxygen atoms in total. The van der Waals surface area contributed by atoms with Gasteiger partial charge in [-0.1, -0.05) is 26.0 Å². The van der Waals surface area contributed by atoms with Crippen LogP contribution >= 0.6 is 0 Å². The highest BCUT2D eigenvalue weighted by Gasteiger charge is 2.19. The third-order valence-corrected chi connectivity index (χ3v) is 3.04. The van der Waals surface area contributed by atoms with E-state index in [9.17, 15) is 4.79 Å². The number of fused-ring (bicyclic) bond motifs is 1. The van der Waals surface area contributed by atoms with E-state index in [0.717, 1.165) is 17.5 Å². The first kappa shape index (κ1) is 13.5. The van der Waals surface area contributed by atoms with Crippen LogP contribution in [-0.2, 0) is 4.79 Å². The normalized spacial score (nSPS) is 12.8. The zero-order valence-corrected chi connectivity index (χ0v) is 11.3. The van der Waals surface area contributed by atoms with Crippen LogP contribution in [0.5, 0.6) is 0 Å². The average molecular weight is 260 g/mol. The molecule has 2 aromatic rings. The molecule has 19 heavy (non-hydrogen) atoms. The molecule has 4 N–H and O–H groups in total. The Labute approximate surface area is 112 Å². The molecule has 2 rings (SSSR count). The number of carbonyl (C=O) groups excluding carboxylic acids is 1. The topological polar surface area (TPSA) is 83.8 Å². The number of hydrogen-bond donors (Lipinski definition) is 3. The van der Waals surface area contributed by atoms with Gasteiger partial charge in [-0.2, -0.15) is 0 Å². The number of anilines is 1. The van der Waals surface area contributed by atoms with Crippen molar-refractivity contribution in [1.82, 2.24) is 9.97 Å². The Morgan fingerprint density at radius 2 is 2.16 bits per heavy atom. The van der Waals surface area contributed by atoms with Crippen molar-refractivity contribution in [2.75, 3.05) is 11.9 Å². The molecule has 0 aliphatic carbocycles. The molecule has 1 amide bonds. The van der Waals surface area contributed by atoms with Crippen molar-refractivity contribution in [2.45, 2.75) is 20.3 Å². The summed E-state index contributed by atoms with van der Waals surface area (Å²) in [4.78, 5) is 19.5. The molecule has 0 radical (unpaired) electrons. The molecule has 0 bridgehead atoms. The second-order valence-corrected chi connectivity index (χ2v) is 5.15. The van der Waals surface area contributed by atoms with E-state index in [0.29, 0.717) is 18.4 Å². The van der Waals surface area contributed by atoms with E-state index in [-0.39, 0.29) is 11.8 Å². The number of nitrogens with two attached hydrogens (primary N) is 1. The average Bonchev–Trinajstić information content (AvgIpc) is 2.77. The number of aromatic nitrogens is 2. The van der Waals surface area contributed by atoms with Crippen LogP contribution in [0.1, 0.15) is 20.3 Å². The number of rotatable bonds is 5. The van der Waals surface area contributed by atoms with E-state index >= 15 is 0 Å². The molecule has 0 aliphatic rings. The maximum atomic E-state index is 12.1. The second-order valence-electron chi connectivity index (χ2n) is 5.15. The molecule has 1 aromatic heterocycles. The molecule has 0 saturated carbocycles. The standard InChI is InChI=1S/C14H20N4O/c1-9(2)7-10(8-15)13(19)18-14-16-11-5-3-4-6-12(11)17-14/h3-6,9-10H,7-8,15H2,1-2H3,(H2,16,17,18,19). The molecule has 0 spiro atoms. The van der Waals surface area contributed by atoms with Crippen molar-refractivity contribution in [1.29, 1.82) is 0 Å². The Morgan fingerprint density at radius 3 is 2.79 bits per heavy atom. The van der Waals surface area contributed by atoms with Gasteiger partial charge in [-0.25, -0.2) is 4.98 Å². The van der Waals surface area contributed by atoms with E-state index in [4.69, 9.17) is 5.73 Å². The molecule has 5 heteroatoms. The van der Waals surface area contributed by atoms with Crippen LogP contribution in [0.4, 0.5) is 5.95 Å². The van der Waals surface area contributed by atoms with Crippen LogP contribution < -0.4 is 11.1 Å². The van der Waals surface area contributed by atoms with Crippen LogP contribution in [0.15, 0.2) is 24.3 Å². The highest BCUT2D eigenvalue weighted by molar-refractivity contribution is 5.92. The molecule has 1 unspecified atom stereocenters. The lowest BCUT2D eigenvalue weighted by atomic mass is 9.96. The number of H-pyrrole nitrogens is 1. The van der Waals surface area contributed by atoms with Crippen LogP contribution in [0.2, 0.25) is 0 Å². The van der Waals surface area contributed by atoms with Gasteiger partial charge in [-0.05, 0) is 24.5 Å². The van der Waals surface area contributed by atoms with Gasteiger partial charge < -0.3 is 10.7 Å². The summed E-state index contributed by atoms with van der Waals surface area (Å²) in [5.41, 5.74) is 7.41. The zero-order chi connectivity index (χ0) is 13.8. The van der Waals surface area contributed by atoms with E-state index in [1.807, 2.05) is 24.3 Å². The number of carbonyl (C=O) groups is 1. The van der Waals surface area contributed by atoms with E-state index in [2.05, 4.69) is 29.1 Å². The number of para-hydroxylation sites is 2. The summed E-state index contributed by atoms with van der Waals surface area (Å²) in [5, 5.41) is 2.80. The third-order valence-electron chi connectivity index (χ3n) is 3.04. The monoisotopic (exact) mass is 260 g/mol. The molecule has 102 valence electrons. The Bertz CT molecular complexity index is 528. The van der Waals surface area contributed by atoms with E-state index in [1.165, 1.54) is 0 Å². The first-order valence-electron chi connectivity index (χ1n) is 6.56. The van der Waals surface area contributed by atoms with Crippen LogP contribution in [0.3, 0.4) is 0 Å². The van der Waals surface area contributed by atoms with Gasteiger partial charge in [-0.15, -0.1) is 0 Å². The zero-order valence-electron chi connectivity index (χ0n) is 11.3. The van der Waals surface area contributed by atoms with Gasteiger partial charge in [0.1, 0.15) is 0 Å². The number of amides is 1. The summed E-state index contributed by atoms with van der Waals surface area (Å²) in [6, 6.07) is 7.66. The number of nitrogens with one attached hydrogen (secondary N) is 2. The fourth-order valence-corrected chi connectivity index (χ4v) is 2.11. The van der Waals surface area contributed by atoms with E-state index < -0.39 is 0 Å². The smallest absolute Gasteiger partial charge is 0.231 e. The number of aromatic amines is 1. The molecule has 0 saturated heterocycles.